The zero-order valence-electron chi connectivity index (χ0n) is 43.9. The van der Waals surface area contributed by atoms with Crippen molar-refractivity contribution in [1.29, 1.82) is 0 Å². The highest BCUT2D eigenvalue weighted by Gasteiger charge is 2.26. The van der Waals surface area contributed by atoms with Crippen molar-refractivity contribution in [3.05, 3.63) is 209 Å². The monoisotopic (exact) mass is 1110 g/mol. The molecule has 22 heteroatoms. The number of benzene rings is 4. The van der Waals surface area contributed by atoms with Crippen LogP contribution in [0.5, 0.6) is 11.5 Å². The van der Waals surface area contributed by atoms with E-state index in [4.69, 9.17) is 9.47 Å². The van der Waals surface area contributed by atoms with Crippen LogP contribution in [-0.4, -0.2) is 99.7 Å². The third-order valence-corrected chi connectivity index (χ3v) is 13.9. The first-order chi connectivity index (χ1) is 39.5. The number of carboxylic acids is 2. The maximum atomic E-state index is 14.3. The van der Waals surface area contributed by atoms with Gasteiger partial charge >= 0.3 is 23.3 Å². The van der Waals surface area contributed by atoms with Gasteiger partial charge in [0.1, 0.15) is 24.6 Å². The number of aromatic nitrogens is 6. The van der Waals surface area contributed by atoms with Gasteiger partial charge in [-0.1, -0.05) is 36.4 Å². The molecule has 6 N–H and O–H groups in total. The Hall–Kier alpha value is -10.9. The molecule has 22 nitrogen and oxygen atoms in total. The number of fused-ring (bicyclic) bond motifs is 4. The topological polar surface area (TPSA) is 304 Å². The number of amides is 2. The number of nitrogens with zero attached hydrogens (tertiary/aromatic N) is 4. The Morgan fingerprint density at radius 2 is 0.927 bits per heavy atom. The molecule has 6 aromatic heterocycles. The summed E-state index contributed by atoms with van der Waals surface area (Å²) in [6.07, 6.45) is 4.59. The molecule has 4 aromatic carbocycles. The number of hydrogen-bond acceptors (Lipinski definition) is 12. The van der Waals surface area contributed by atoms with Crippen molar-refractivity contribution in [3.63, 3.8) is 0 Å². The van der Waals surface area contributed by atoms with Crippen LogP contribution in [0.1, 0.15) is 56.1 Å². The standard InChI is InChI=1S/C60H50N8O14/c1-33-51(45-15-3-7-23-65(45)53(33)55(75)37-17-19-43-41(27-37)57(77)67(29-49(71)72)59(79)63-43)35-11-9-13-39(25-35)81-31-47(69)61-21-5-6-22-62-48(70)32-82-40-14-10-12-36(26-40)52-34(2)54(66-24-8-4-16-46(52)66)56(76)38-18-20-44-42(28-38)58(78)68(30-50(73)74)60(80)64-44/h3-4,7-20,23-28H,5-6,21-22,29-32H2,1-2H3,(H,61,69)(H,62,70)(H,63,79)(H,64,80)(H,71,72)(H,73,74). The zero-order valence-corrected chi connectivity index (χ0v) is 43.9. The number of carbonyl (C=O) groups is 6. The fourth-order valence-corrected chi connectivity index (χ4v) is 10.2. The van der Waals surface area contributed by atoms with Crippen LogP contribution in [0.2, 0.25) is 0 Å². The van der Waals surface area contributed by atoms with Crippen molar-refractivity contribution >= 4 is 68.2 Å². The van der Waals surface area contributed by atoms with E-state index in [1.165, 1.54) is 36.4 Å². The average molecular weight is 1110 g/mol. The molecule has 0 bridgehead atoms. The van der Waals surface area contributed by atoms with Gasteiger partial charge in [-0.15, -0.1) is 0 Å². The van der Waals surface area contributed by atoms with Gasteiger partial charge in [-0.2, -0.15) is 0 Å². The lowest BCUT2D eigenvalue weighted by Gasteiger charge is -2.10. The van der Waals surface area contributed by atoms with Gasteiger partial charge in [0.15, 0.2) is 13.2 Å². The highest BCUT2D eigenvalue weighted by atomic mass is 16.5. The van der Waals surface area contributed by atoms with E-state index >= 15 is 0 Å². The molecule has 0 radical (unpaired) electrons. The number of nitrogens with one attached hydrogen (secondary N) is 4. The molecule has 0 fully saturated rings. The number of hydrogen-bond donors (Lipinski definition) is 6. The summed E-state index contributed by atoms with van der Waals surface area (Å²) in [6.45, 7) is 1.99. The molecular weight excluding hydrogens is 1060 g/mol. The number of aliphatic carboxylic acids is 2. The van der Waals surface area contributed by atoms with Gasteiger partial charge in [-0.3, -0.25) is 38.4 Å². The van der Waals surface area contributed by atoms with Crippen molar-refractivity contribution < 1.29 is 48.5 Å². The number of carbonyl (C=O) groups excluding carboxylic acids is 4. The van der Waals surface area contributed by atoms with Crippen molar-refractivity contribution in [2.45, 2.75) is 39.8 Å². The molecule has 0 unspecified atom stereocenters. The fourth-order valence-electron chi connectivity index (χ4n) is 10.2. The van der Waals surface area contributed by atoms with E-state index in [9.17, 15) is 58.2 Å². The summed E-state index contributed by atoms with van der Waals surface area (Å²) in [5.74, 6) is -3.50. The summed E-state index contributed by atoms with van der Waals surface area (Å²) >= 11 is 0. The van der Waals surface area contributed by atoms with Crippen LogP contribution in [0.4, 0.5) is 0 Å². The lowest BCUT2D eigenvalue weighted by Crippen LogP contribution is -2.37. The second-order valence-corrected chi connectivity index (χ2v) is 19.3. The Bertz CT molecular complexity index is 4250. The Kier molecular flexibility index (Phi) is 15.2. The van der Waals surface area contributed by atoms with Gasteiger partial charge in [0.25, 0.3) is 22.9 Å². The Labute approximate surface area is 462 Å². The predicted octanol–water partition coefficient (Wildman–Crippen LogP) is 5.25. The molecule has 0 aliphatic heterocycles. The Balaban J connectivity index is 0.714. The van der Waals surface area contributed by atoms with Gasteiger partial charge in [0.2, 0.25) is 11.6 Å². The van der Waals surface area contributed by atoms with Crippen LogP contribution in [0, 0.1) is 13.8 Å². The SMILES string of the molecule is Cc1c(-c2cccc(OCC(=O)NCCCCNC(=O)COc3cccc(-c4c(C)c(C(=O)c5ccc6[nH]c(=O)n(CC(=O)O)c(=O)c6c5)n5ccccc45)c3)c2)c2ccccn2c1C(=O)c1ccc2[nH]c(=O)n(CC(=O)O)c(=O)c2c1. The molecule has 10 aromatic rings. The third kappa shape index (κ3) is 10.8. The van der Waals surface area contributed by atoms with Crippen molar-refractivity contribution in [3.8, 4) is 33.8 Å². The zero-order chi connectivity index (χ0) is 57.9. The van der Waals surface area contributed by atoms with Crippen LogP contribution < -0.4 is 42.6 Å². The normalized spacial score (nSPS) is 11.3. The third-order valence-electron chi connectivity index (χ3n) is 13.9. The maximum Gasteiger partial charge on any atom is 0.329 e. The summed E-state index contributed by atoms with van der Waals surface area (Å²) in [5, 5.41) is 24.1. The first-order valence-electron chi connectivity index (χ1n) is 25.7. The van der Waals surface area contributed by atoms with E-state index in [-0.39, 0.29) is 58.0 Å². The lowest BCUT2D eigenvalue weighted by molar-refractivity contribution is -0.138. The highest BCUT2D eigenvalue weighted by Crippen LogP contribution is 2.37. The summed E-state index contributed by atoms with van der Waals surface area (Å²) < 4.78 is 16.4. The largest absolute Gasteiger partial charge is 0.484 e. The number of ether oxygens (including phenoxy) is 2. The number of ketones is 2. The van der Waals surface area contributed by atoms with Gasteiger partial charge in [-0.25, -0.2) is 18.7 Å². The number of carboxylic acid groups (broad SMARTS) is 2. The molecule has 0 saturated heterocycles. The first kappa shape index (κ1) is 54.5. The van der Waals surface area contributed by atoms with Crippen LogP contribution in [0.25, 0.3) is 55.1 Å². The van der Waals surface area contributed by atoms with E-state index in [2.05, 4.69) is 20.6 Å². The maximum absolute atomic E-state index is 14.3. The molecule has 0 atom stereocenters. The molecular formula is C60H50N8O14. The molecule has 82 heavy (non-hydrogen) atoms. The van der Waals surface area contributed by atoms with Crippen LogP contribution in [0.3, 0.4) is 0 Å². The van der Waals surface area contributed by atoms with Crippen molar-refractivity contribution in [2.24, 2.45) is 0 Å². The summed E-state index contributed by atoms with van der Waals surface area (Å²) in [4.78, 5) is 133. The minimum atomic E-state index is -1.37. The number of aromatic amines is 2. The summed E-state index contributed by atoms with van der Waals surface area (Å²) in [5.41, 5.74) is 3.30. The van der Waals surface area contributed by atoms with Crippen molar-refractivity contribution in [1.82, 2.24) is 38.5 Å². The van der Waals surface area contributed by atoms with Gasteiger partial charge in [0.05, 0.1) is 44.2 Å². The Morgan fingerprint density at radius 3 is 1.33 bits per heavy atom. The fraction of sp³-hybridized carbons (Fsp3) is 0.167. The molecule has 2 amide bonds. The van der Waals surface area contributed by atoms with Gasteiger partial charge in [-0.05, 0) is 134 Å². The first-order valence-corrected chi connectivity index (χ1v) is 25.7. The van der Waals surface area contributed by atoms with Crippen LogP contribution in [0.15, 0.2) is 153 Å². The number of unbranched alkanes of at least 4 members (excludes halogenated alkanes) is 1. The van der Waals surface area contributed by atoms with Gasteiger partial charge in [0, 0.05) is 47.7 Å². The van der Waals surface area contributed by atoms with E-state index < -0.39 is 59.1 Å². The minimum absolute atomic E-state index is 0.0223. The molecule has 0 aliphatic rings. The predicted molar refractivity (Wildman–Crippen MR) is 301 cm³/mol. The molecule has 10 rings (SSSR count). The molecule has 0 saturated carbocycles. The smallest absolute Gasteiger partial charge is 0.329 e. The van der Waals surface area contributed by atoms with E-state index in [1.807, 2.05) is 36.4 Å². The Morgan fingerprint density at radius 1 is 0.512 bits per heavy atom. The quantitative estimate of drug-likeness (QED) is 0.0396. The second kappa shape index (κ2) is 22.8. The molecule has 6 heterocycles. The highest BCUT2D eigenvalue weighted by molar-refractivity contribution is 6.14. The minimum Gasteiger partial charge on any atom is -0.484 e. The van der Waals surface area contributed by atoms with E-state index in [0.29, 0.717) is 91.2 Å². The molecule has 414 valence electrons. The lowest BCUT2D eigenvalue weighted by atomic mass is 9.98. The summed E-state index contributed by atoms with van der Waals surface area (Å²) in [6, 6.07) is 33.6. The summed E-state index contributed by atoms with van der Waals surface area (Å²) in [7, 11) is 0. The van der Waals surface area contributed by atoms with E-state index in [1.54, 1.807) is 83.6 Å². The van der Waals surface area contributed by atoms with Crippen LogP contribution in [-0.2, 0) is 32.3 Å². The van der Waals surface area contributed by atoms with E-state index in [0.717, 1.165) is 11.1 Å². The molecule has 0 spiro atoms. The molecule has 0 aliphatic carbocycles. The van der Waals surface area contributed by atoms with Crippen molar-refractivity contribution in [2.75, 3.05) is 26.3 Å². The van der Waals surface area contributed by atoms with Gasteiger partial charge < -0.3 is 49.1 Å². The number of H-pyrrole nitrogens is 2. The number of pyridine rings is 2. The number of rotatable bonds is 21. The van der Waals surface area contributed by atoms with Crippen LogP contribution >= 0.6 is 0 Å². The average Bonchev–Trinajstić information content (AvgIpc) is 3.50. The second-order valence-electron chi connectivity index (χ2n) is 19.3.